The monoisotopic (exact) mass is 351 g/mol. The SMILES string of the molecule is COC(=O)C(C(=O)OC)[C@H](NC(=O)OC(C)(C)C)c1ccc(C)cc1. The zero-order valence-corrected chi connectivity index (χ0v) is 15.4. The van der Waals surface area contributed by atoms with Crippen molar-refractivity contribution in [3.8, 4) is 0 Å². The van der Waals surface area contributed by atoms with Gasteiger partial charge in [0.2, 0.25) is 0 Å². The zero-order chi connectivity index (χ0) is 19.2. The molecule has 0 radical (unpaired) electrons. The van der Waals surface area contributed by atoms with E-state index in [1.54, 1.807) is 32.9 Å². The van der Waals surface area contributed by atoms with E-state index in [0.29, 0.717) is 5.56 Å². The number of alkyl carbamates (subject to hydrolysis) is 1. The first-order chi connectivity index (χ1) is 11.6. The molecule has 0 aliphatic carbocycles. The van der Waals surface area contributed by atoms with Gasteiger partial charge in [-0.2, -0.15) is 0 Å². The Kier molecular flexibility index (Phi) is 6.97. The maximum Gasteiger partial charge on any atom is 0.408 e. The van der Waals surface area contributed by atoms with Crippen LogP contribution in [0.25, 0.3) is 0 Å². The van der Waals surface area contributed by atoms with Crippen LogP contribution >= 0.6 is 0 Å². The summed E-state index contributed by atoms with van der Waals surface area (Å²) < 4.78 is 14.7. The Bertz CT molecular complexity index is 601. The number of hydrogen-bond acceptors (Lipinski definition) is 6. The Balaban J connectivity index is 3.25. The molecule has 1 aromatic rings. The van der Waals surface area contributed by atoms with Crippen molar-refractivity contribution in [1.29, 1.82) is 0 Å². The number of nitrogens with one attached hydrogen (secondary N) is 1. The van der Waals surface area contributed by atoms with Crippen LogP contribution in [0.4, 0.5) is 4.79 Å². The number of ether oxygens (including phenoxy) is 3. The van der Waals surface area contributed by atoms with E-state index in [9.17, 15) is 14.4 Å². The summed E-state index contributed by atoms with van der Waals surface area (Å²) in [6, 6.07) is 6.07. The lowest BCUT2D eigenvalue weighted by Gasteiger charge is -2.27. The van der Waals surface area contributed by atoms with Crippen LogP contribution in [-0.4, -0.2) is 37.9 Å². The molecular formula is C18H25NO6. The number of amides is 1. The Morgan fingerprint density at radius 1 is 0.960 bits per heavy atom. The molecule has 0 bridgehead atoms. The van der Waals surface area contributed by atoms with Gasteiger partial charge in [-0.05, 0) is 33.3 Å². The van der Waals surface area contributed by atoms with Gasteiger partial charge >= 0.3 is 18.0 Å². The maximum absolute atomic E-state index is 12.2. The molecule has 0 saturated heterocycles. The summed E-state index contributed by atoms with van der Waals surface area (Å²) >= 11 is 0. The molecule has 7 heteroatoms. The Labute approximate surface area is 147 Å². The number of aryl methyl sites for hydroxylation is 1. The van der Waals surface area contributed by atoms with Crippen molar-refractivity contribution in [2.24, 2.45) is 5.92 Å². The summed E-state index contributed by atoms with van der Waals surface area (Å²) in [7, 11) is 2.33. The molecule has 0 aliphatic heterocycles. The average molecular weight is 351 g/mol. The minimum Gasteiger partial charge on any atom is -0.468 e. The summed E-state index contributed by atoms with van der Waals surface area (Å²) in [6.45, 7) is 7.04. The summed E-state index contributed by atoms with van der Waals surface area (Å²) in [5, 5.41) is 2.58. The molecule has 1 N–H and O–H groups in total. The molecule has 25 heavy (non-hydrogen) atoms. The van der Waals surface area contributed by atoms with Gasteiger partial charge in [0.1, 0.15) is 5.60 Å². The van der Waals surface area contributed by atoms with Crippen LogP contribution in [-0.2, 0) is 23.8 Å². The molecule has 0 fully saturated rings. The molecule has 0 heterocycles. The van der Waals surface area contributed by atoms with Gasteiger partial charge in [-0.1, -0.05) is 29.8 Å². The largest absolute Gasteiger partial charge is 0.468 e. The molecule has 0 aliphatic rings. The fourth-order valence-corrected chi connectivity index (χ4v) is 2.19. The predicted octanol–water partition coefficient (Wildman–Crippen LogP) is 2.52. The number of methoxy groups -OCH3 is 2. The van der Waals surface area contributed by atoms with Gasteiger partial charge in [0.05, 0.1) is 20.3 Å². The number of rotatable bonds is 5. The van der Waals surface area contributed by atoms with Crippen molar-refractivity contribution in [3.63, 3.8) is 0 Å². The van der Waals surface area contributed by atoms with E-state index in [1.807, 2.05) is 19.1 Å². The molecular weight excluding hydrogens is 326 g/mol. The first-order valence-corrected chi connectivity index (χ1v) is 7.80. The van der Waals surface area contributed by atoms with Gasteiger partial charge in [-0.25, -0.2) is 4.79 Å². The first-order valence-electron chi connectivity index (χ1n) is 7.80. The minimum atomic E-state index is -1.36. The third-order valence-corrected chi connectivity index (χ3v) is 3.35. The second-order valence-electron chi connectivity index (χ2n) is 6.56. The van der Waals surface area contributed by atoms with Gasteiger partial charge in [-0.3, -0.25) is 9.59 Å². The van der Waals surface area contributed by atoms with Crippen LogP contribution in [0.2, 0.25) is 0 Å². The number of esters is 2. The third kappa shape index (κ3) is 6.10. The highest BCUT2D eigenvalue weighted by molar-refractivity contribution is 5.96. The lowest BCUT2D eigenvalue weighted by molar-refractivity contribution is -0.160. The van der Waals surface area contributed by atoms with Crippen LogP contribution in [0, 0.1) is 12.8 Å². The lowest BCUT2D eigenvalue weighted by atomic mass is 9.92. The molecule has 7 nitrogen and oxygen atoms in total. The van der Waals surface area contributed by atoms with Crippen LogP contribution in [0.3, 0.4) is 0 Å². The van der Waals surface area contributed by atoms with E-state index < -0.39 is 35.6 Å². The van der Waals surface area contributed by atoms with Crippen LogP contribution in [0.1, 0.15) is 37.9 Å². The maximum atomic E-state index is 12.2. The molecule has 1 atom stereocenters. The molecule has 0 unspecified atom stereocenters. The highest BCUT2D eigenvalue weighted by Crippen LogP contribution is 2.26. The van der Waals surface area contributed by atoms with Crippen molar-refractivity contribution in [1.82, 2.24) is 5.32 Å². The first kappa shape index (κ1) is 20.5. The summed E-state index contributed by atoms with van der Waals surface area (Å²) in [5.74, 6) is -2.98. The fourth-order valence-electron chi connectivity index (χ4n) is 2.19. The predicted molar refractivity (Wildman–Crippen MR) is 90.8 cm³/mol. The van der Waals surface area contributed by atoms with Crippen LogP contribution in [0.5, 0.6) is 0 Å². The minimum absolute atomic E-state index is 0.553. The van der Waals surface area contributed by atoms with E-state index in [4.69, 9.17) is 14.2 Å². The summed E-state index contributed by atoms with van der Waals surface area (Å²) in [5.41, 5.74) is 0.818. The zero-order valence-electron chi connectivity index (χ0n) is 15.4. The smallest absolute Gasteiger partial charge is 0.408 e. The number of benzene rings is 1. The van der Waals surface area contributed by atoms with E-state index in [0.717, 1.165) is 19.8 Å². The van der Waals surface area contributed by atoms with Gasteiger partial charge in [0.25, 0.3) is 0 Å². The summed E-state index contributed by atoms with van der Waals surface area (Å²) in [6.07, 6.45) is -0.754. The topological polar surface area (TPSA) is 90.9 Å². The molecule has 0 saturated carbocycles. The Hall–Kier alpha value is -2.57. The summed E-state index contributed by atoms with van der Waals surface area (Å²) in [4.78, 5) is 36.5. The van der Waals surface area contributed by atoms with Crippen LogP contribution in [0.15, 0.2) is 24.3 Å². The average Bonchev–Trinajstić information content (AvgIpc) is 2.52. The van der Waals surface area contributed by atoms with E-state index in [-0.39, 0.29) is 0 Å². The standard InChI is InChI=1S/C18H25NO6/c1-11-7-9-12(10-8-11)14(19-17(22)25-18(2,3)4)13(15(20)23-5)16(21)24-6/h7-10,13-14H,1-6H3,(H,19,22)/t14-/m1/s1. The van der Waals surface area contributed by atoms with Gasteiger partial charge in [-0.15, -0.1) is 0 Å². The molecule has 1 rings (SSSR count). The van der Waals surface area contributed by atoms with Gasteiger partial charge < -0.3 is 19.5 Å². The van der Waals surface area contributed by atoms with Gasteiger partial charge in [0, 0.05) is 0 Å². The second-order valence-corrected chi connectivity index (χ2v) is 6.56. The number of carbonyl (C=O) groups excluding carboxylic acids is 3. The molecule has 1 amide bonds. The van der Waals surface area contributed by atoms with Crippen molar-refractivity contribution in [2.45, 2.75) is 39.3 Å². The van der Waals surface area contributed by atoms with Crippen molar-refractivity contribution in [3.05, 3.63) is 35.4 Å². The van der Waals surface area contributed by atoms with E-state index >= 15 is 0 Å². The van der Waals surface area contributed by atoms with Crippen LogP contribution < -0.4 is 5.32 Å². The Morgan fingerprint density at radius 2 is 1.44 bits per heavy atom. The molecule has 0 aromatic heterocycles. The normalized spacial score (nSPS) is 12.3. The molecule has 0 spiro atoms. The second kappa shape index (κ2) is 8.50. The highest BCUT2D eigenvalue weighted by Gasteiger charge is 2.39. The highest BCUT2D eigenvalue weighted by atomic mass is 16.6. The molecule has 1 aromatic carbocycles. The number of carbonyl (C=O) groups is 3. The lowest BCUT2D eigenvalue weighted by Crippen LogP contribution is -2.43. The number of hydrogen-bond donors (Lipinski definition) is 1. The Morgan fingerprint density at radius 3 is 1.84 bits per heavy atom. The fraction of sp³-hybridized carbons (Fsp3) is 0.500. The van der Waals surface area contributed by atoms with Crippen molar-refractivity contribution >= 4 is 18.0 Å². The third-order valence-electron chi connectivity index (χ3n) is 3.35. The van der Waals surface area contributed by atoms with Gasteiger partial charge in [0.15, 0.2) is 5.92 Å². The quantitative estimate of drug-likeness (QED) is 0.498. The van der Waals surface area contributed by atoms with E-state index in [1.165, 1.54) is 0 Å². The van der Waals surface area contributed by atoms with Crippen molar-refractivity contribution < 1.29 is 28.6 Å². The molecule has 138 valence electrons. The van der Waals surface area contributed by atoms with Crippen molar-refractivity contribution in [2.75, 3.05) is 14.2 Å². The van der Waals surface area contributed by atoms with E-state index in [2.05, 4.69) is 5.32 Å².